The summed E-state index contributed by atoms with van der Waals surface area (Å²) in [5.74, 6) is 0. The Hall–Kier alpha value is -0.170. The maximum absolute atomic E-state index is 11.0. The summed E-state index contributed by atoms with van der Waals surface area (Å²) in [6.45, 7) is 4.49. The van der Waals surface area contributed by atoms with Crippen LogP contribution in [0.5, 0.6) is 0 Å². The highest BCUT2D eigenvalue weighted by Gasteiger charge is 2.05. The molecule has 0 aromatic carbocycles. The van der Waals surface area contributed by atoms with Crippen molar-refractivity contribution in [1.29, 1.82) is 0 Å². The van der Waals surface area contributed by atoms with Crippen LogP contribution in [0.25, 0.3) is 0 Å². The average Bonchev–Trinajstić information content (AvgIpc) is 1.98. The number of rotatable bonds is 7. The smallest absolute Gasteiger partial charge is 0.276 e. The molecule has 0 fully saturated rings. The van der Waals surface area contributed by atoms with E-state index in [1.165, 1.54) is 0 Å². The van der Waals surface area contributed by atoms with Gasteiger partial charge < -0.3 is 5.73 Å². The molecule has 5 nitrogen and oxygen atoms in total. The first kappa shape index (κ1) is 12.8. The van der Waals surface area contributed by atoms with Crippen molar-refractivity contribution in [3.63, 3.8) is 0 Å². The van der Waals surface area contributed by atoms with Gasteiger partial charge in [-0.1, -0.05) is 6.92 Å². The number of nitrogens with two attached hydrogens (primary N) is 1. The van der Waals surface area contributed by atoms with Crippen LogP contribution in [0.4, 0.5) is 0 Å². The highest BCUT2D eigenvalue weighted by Crippen LogP contribution is 1.91. The van der Waals surface area contributed by atoms with E-state index in [0.717, 1.165) is 12.8 Å². The molecule has 1 unspecified atom stereocenters. The van der Waals surface area contributed by atoms with E-state index < -0.39 is 10.2 Å². The Morgan fingerprint density at radius 3 is 2.46 bits per heavy atom. The van der Waals surface area contributed by atoms with Crippen molar-refractivity contribution in [2.24, 2.45) is 5.73 Å². The lowest BCUT2D eigenvalue weighted by molar-refractivity contribution is 0.557. The van der Waals surface area contributed by atoms with E-state index in [9.17, 15) is 8.42 Å². The van der Waals surface area contributed by atoms with E-state index in [4.69, 9.17) is 5.73 Å². The quantitative estimate of drug-likeness (QED) is 0.497. The first-order chi connectivity index (χ1) is 5.98. The zero-order valence-corrected chi connectivity index (χ0v) is 9.02. The molecule has 0 aromatic heterocycles. The van der Waals surface area contributed by atoms with Crippen molar-refractivity contribution in [2.75, 3.05) is 13.1 Å². The summed E-state index contributed by atoms with van der Waals surface area (Å²) in [6, 6.07) is 0.128. The molecule has 0 spiro atoms. The van der Waals surface area contributed by atoms with Gasteiger partial charge in [0.2, 0.25) is 0 Å². The van der Waals surface area contributed by atoms with E-state index >= 15 is 0 Å². The fourth-order valence-corrected chi connectivity index (χ4v) is 1.77. The van der Waals surface area contributed by atoms with Crippen LogP contribution < -0.4 is 15.2 Å². The highest BCUT2D eigenvalue weighted by atomic mass is 32.2. The van der Waals surface area contributed by atoms with Crippen LogP contribution >= 0.6 is 0 Å². The lowest BCUT2D eigenvalue weighted by Crippen LogP contribution is -2.37. The highest BCUT2D eigenvalue weighted by molar-refractivity contribution is 7.87. The van der Waals surface area contributed by atoms with E-state index in [0.29, 0.717) is 13.1 Å². The summed E-state index contributed by atoms with van der Waals surface area (Å²) in [4.78, 5) is 0. The second kappa shape index (κ2) is 6.31. The standard InChI is InChI=1S/C7H19N3O2S/c1-3-9-13(11,12)10-6-4-5-7(2)8/h7,9-10H,3-6,8H2,1-2H3. The summed E-state index contributed by atoms with van der Waals surface area (Å²) < 4.78 is 26.8. The Labute approximate surface area is 80.3 Å². The van der Waals surface area contributed by atoms with Gasteiger partial charge in [-0.3, -0.25) is 0 Å². The lowest BCUT2D eigenvalue weighted by atomic mass is 10.2. The third-order valence-corrected chi connectivity index (χ3v) is 2.72. The Bertz CT molecular complexity index is 214. The maximum Gasteiger partial charge on any atom is 0.276 e. The Morgan fingerprint density at radius 2 is 2.00 bits per heavy atom. The van der Waals surface area contributed by atoms with E-state index in [1.807, 2.05) is 6.92 Å². The minimum atomic E-state index is -3.27. The van der Waals surface area contributed by atoms with Crippen LogP contribution in [-0.2, 0) is 10.2 Å². The molecule has 0 amide bonds. The molecule has 4 N–H and O–H groups in total. The van der Waals surface area contributed by atoms with Crippen molar-refractivity contribution >= 4 is 10.2 Å². The van der Waals surface area contributed by atoms with Gasteiger partial charge in [-0.25, -0.2) is 9.44 Å². The first-order valence-electron chi connectivity index (χ1n) is 4.47. The molecule has 0 saturated carbocycles. The molecule has 0 aliphatic heterocycles. The summed E-state index contributed by atoms with van der Waals surface area (Å²) in [5.41, 5.74) is 5.51. The molecule has 0 rings (SSSR count). The van der Waals surface area contributed by atoms with Gasteiger partial charge in [-0.2, -0.15) is 8.42 Å². The third-order valence-electron chi connectivity index (χ3n) is 1.46. The topological polar surface area (TPSA) is 84.2 Å². The molecule has 80 valence electrons. The minimum absolute atomic E-state index is 0.128. The molecule has 0 bridgehead atoms. The zero-order chi connectivity index (χ0) is 10.3. The summed E-state index contributed by atoms with van der Waals surface area (Å²) in [7, 11) is -3.27. The van der Waals surface area contributed by atoms with Crippen molar-refractivity contribution in [1.82, 2.24) is 9.44 Å². The molecule has 1 atom stereocenters. The van der Waals surface area contributed by atoms with Gasteiger partial charge in [-0.15, -0.1) is 0 Å². The van der Waals surface area contributed by atoms with Crippen LogP contribution in [-0.4, -0.2) is 27.5 Å². The fourth-order valence-electron chi connectivity index (χ4n) is 0.872. The number of nitrogens with one attached hydrogen (secondary N) is 2. The lowest BCUT2D eigenvalue weighted by Gasteiger charge is -2.07. The van der Waals surface area contributed by atoms with E-state index in [-0.39, 0.29) is 6.04 Å². The second-order valence-corrected chi connectivity index (χ2v) is 4.60. The molecular formula is C7H19N3O2S. The normalized spacial score (nSPS) is 14.4. The van der Waals surface area contributed by atoms with Crippen molar-refractivity contribution in [2.45, 2.75) is 32.7 Å². The van der Waals surface area contributed by atoms with Gasteiger partial charge >= 0.3 is 0 Å². The van der Waals surface area contributed by atoms with Gasteiger partial charge in [0.05, 0.1) is 0 Å². The molecule has 0 saturated heterocycles. The van der Waals surface area contributed by atoms with E-state index in [2.05, 4.69) is 9.44 Å². The molecule has 0 aromatic rings. The predicted octanol–water partition coefficient (Wildman–Crippen LogP) is -0.442. The van der Waals surface area contributed by atoms with E-state index in [1.54, 1.807) is 6.92 Å². The van der Waals surface area contributed by atoms with Gasteiger partial charge in [0.25, 0.3) is 10.2 Å². The number of hydrogen-bond donors (Lipinski definition) is 3. The van der Waals surface area contributed by atoms with Crippen molar-refractivity contribution in [3.8, 4) is 0 Å². The molecular weight excluding hydrogens is 190 g/mol. The Balaban J connectivity index is 3.53. The van der Waals surface area contributed by atoms with Crippen molar-refractivity contribution in [3.05, 3.63) is 0 Å². The van der Waals surface area contributed by atoms with Gasteiger partial charge in [0.1, 0.15) is 0 Å². The van der Waals surface area contributed by atoms with Crippen molar-refractivity contribution < 1.29 is 8.42 Å². The molecule has 0 heterocycles. The van der Waals surface area contributed by atoms with Crippen LogP contribution in [0, 0.1) is 0 Å². The Kier molecular flexibility index (Phi) is 6.23. The van der Waals surface area contributed by atoms with Crippen LogP contribution in [0.15, 0.2) is 0 Å². The Morgan fingerprint density at radius 1 is 1.38 bits per heavy atom. The molecule has 6 heteroatoms. The van der Waals surface area contributed by atoms with Crippen LogP contribution in [0.2, 0.25) is 0 Å². The van der Waals surface area contributed by atoms with Gasteiger partial charge in [0.15, 0.2) is 0 Å². The molecule has 0 aliphatic carbocycles. The first-order valence-corrected chi connectivity index (χ1v) is 5.96. The SMILES string of the molecule is CCNS(=O)(=O)NCCCC(C)N. The second-order valence-electron chi connectivity index (χ2n) is 3.02. The van der Waals surface area contributed by atoms with Gasteiger partial charge in [0, 0.05) is 19.1 Å². The molecule has 0 radical (unpaired) electrons. The minimum Gasteiger partial charge on any atom is -0.328 e. The number of hydrogen-bond acceptors (Lipinski definition) is 3. The zero-order valence-electron chi connectivity index (χ0n) is 8.21. The van der Waals surface area contributed by atoms with Crippen LogP contribution in [0.1, 0.15) is 26.7 Å². The summed E-state index contributed by atoms with van der Waals surface area (Å²) in [6.07, 6.45) is 1.59. The predicted molar refractivity (Wildman–Crippen MR) is 53.5 cm³/mol. The monoisotopic (exact) mass is 209 g/mol. The largest absolute Gasteiger partial charge is 0.328 e. The molecule has 0 aliphatic rings. The summed E-state index contributed by atoms with van der Waals surface area (Å²) in [5, 5.41) is 0. The van der Waals surface area contributed by atoms with Gasteiger partial charge in [-0.05, 0) is 19.8 Å². The molecule has 13 heavy (non-hydrogen) atoms. The maximum atomic E-state index is 11.0. The average molecular weight is 209 g/mol. The summed E-state index contributed by atoms with van der Waals surface area (Å²) >= 11 is 0. The third kappa shape index (κ3) is 8.17. The van der Waals surface area contributed by atoms with Crippen LogP contribution in [0.3, 0.4) is 0 Å². The fraction of sp³-hybridized carbons (Fsp3) is 1.00.